The van der Waals surface area contributed by atoms with Crippen LogP contribution in [0, 0.1) is 0 Å². The first-order valence-electron chi connectivity index (χ1n) is 6.05. The summed E-state index contributed by atoms with van der Waals surface area (Å²) in [5.74, 6) is 0.666. The van der Waals surface area contributed by atoms with Crippen molar-refractivity contribution in [3.63, 3.8) is 0 Å². The number of aromatic nitrogens is 3. The van der Waals surface area contributed by atoms with Crippen LogP contribution in [0.5, 0.6) is 0 Å². The first kappa shape index (κ1) is 12.2. The zero-order valence-corrected chi connectivity index (χ0v) is 11.4. The molecule has 98 valence electrons. The number of carbonyl (C=O) groups excluding carboxylic acids is 1. The van der Waals surface area contributed by atoms with E-state index in [1.165, 1.54) is 5.56 Å². The van der Waals surface area contributed by atoms with Gasteiger partial charge in [0.05, 0.1) is 18.5 Å². The summed E-state index contributed by atoms with van der Waals surface area (Å²) >= 11 is 1.59. The van der Waals surface area contributed by atoms with E-state index in [1.807, 2.05) is 36.1 Å². The second-order valence-electron chi connectivity index (χ2n) is 4.49. The number of hydrogen-bond acceptors (Lipinski definition) is 4. The average Bonchev–Trinajstić information content (AvgIpc) is 3.00. The third kappa shape index (κ3) is 2.49. The summed E-state index contributed by atoms with van der Waals surface area (Å²) in [5.41, 5.74) is 2.02. The van der Waals surface area contributed by atoms with Gasteiger partial charge in [0.2, 0.25) is 5.91 Å². The molecule has 0 unspecified atom stereocenters. The van der Waals surface area contributed by atoms with E-state index in [0.717, 1.165) is 5.69 Å². The molecule has 6 heteroatoms. The Bertz CT molecular complexity index is 583. The van der Waals surface area contributed by atoms with E-state index >= 15 is 0 Å². The predicted molar refractivity (Wildman–Crippen MR) is 73.5 cm³/mol. The van der Waals surface area contributed by atoms with Crippen LogP contribution < -0.4 is 0 Å². The molecule has 1 atom stereocenters. The number of amides is 1. The highest BCUT2D eigenvalue weighted by Crippen LogP contribution is 2.35. The number of thioether (sulfide) groups is 1. The fourth-order valence-corrected chi connectivity index (χ4v) is 3.18. The Morgan fingerprint density at radius 2 is 2.16 bits per heavy atom. The smallest absolute Gasteiger partial charge is 0.233 e. The Morgan fingerprint density at radius 3 is 2.84 bits per heavy atom. The fourth-order valence-electron chi connectivity index (χ4n) is 2.05. The maximum Gasteiger partial charge on any atom is 0.233 e. The third-order valence-corrected chi connectivity index (χ3v) is 4.39. The van der Waals surface area contributed by atoms with Gasteiger partial charge in [0.25, 0.3) is 0 Å². The molecule has 3 rings (SSSR count). The molecule has 2 aromatic rings. The fraction of sp³-hybridized carbons (Fsp3) is 0.308. The van der Waals surface area contributed by atoms with Crippen LogP contribution >= 0.6 is 11.8 Å². The Morgan fingerprint density at radius 1 is 1.37 bits per heavy atom. The van der Waals surface area contributed by atoms with Crippen molar-refractivity contribution in [1.29, 1.82) is 0 Å². The zero-order valence-electron chi connectivity index (χ0n) is 10.6. The molecule has 1 aromatic carbocycles. The van der Waals surface area contributed by atoms with E-state index in [0.29, 0.717) is 12.3 Å². The van der Waals surface area contributed by atoms with E-state index < -0.39 is 0 Å². The standard InChI is InChI=1S/C13H14N4OS/c1-16-12(18)9-19-13(16)11-8-17(15-14-11)7-10-5-3-2-4-6-10/h2-6,8,13H,7,9H2,1H3/t13-/m0/s1. The molecule has 1 aliphatic heterocycles. The van der Waals surface area contributed by atoms with E-state index in [4.69, 9.17) is 0 Å². The van der Waals surface area contributed by atoms with Crippen LogP contribution in [-0.2, 0) is 11.3 Å². The molecule has 0 radical (unpaired) electrons. The Labute approximate surface area is 115 Å². The third-order valence-electron chi connectivity index (χ3n) is 3.11. The van der Waals surface area contributed by atoms with Gasteiger partial charge in [-0.2, -0.15) is 0 Å². The van der Waals surface area contributed by atoms with Gasteiger partial charge in [-0.1, -0.05) is 35.5 Å². The van der Waals surface area contributed by atoms with Gasteiger partial charge in [0.15, 0.2) is 0 Å². The summed E-state index contributed by atoms with van der Waals surface area (Å²) in [6.45, 7) is 0.697. The van der Waals surface area contributed by atoms with Crippen molar-refractivity contribution in [2.45, 2.75) is 11.9 Å². The molecule has 0 bridgehead atoms. The minimum absolute atomic E-state index is 0.00276. The molecule has 0 spiro atoms. The molecule has 1 amide bonds. The molecule has 5 nitrogen and oxygen atoms in total. The van der Waals surface area contributed by atoms with E-state index in [9.17, 15) is 4.79 Å². The van der Waals surface area contributed by atoms with Gasteiger partial charge in [0.1, 0.15) is 11.1 Å². The van der Waals surface area contributed by atoms with Gasteiger partial charge in [-0.15, -0.1) is 16.9 Å². The van der Waals surface area contributed by atoms with Crippen LogP contribution in [0.15, 0.2) is 36.5 Å². The normalized spacial score (nSPS) is 19.1. The lowest BCUT2D eigenvalue weighted by molar-refractivity contribution is -0.126. The van der Waals surface area contributed by atoms with Crippen LogP contribution in [0.1, 0.15) is 16.6 Å². The highest BCUT2D eigenvalue weighted by molar-refractivity contribution is 8.00. The van der Waals surface area contributed by atoms with Crippen molar-refractivity contribution in [1.82, 2.24) is 19.9 Å². The molecule has 1 saturated heterocycles. The minimum Gasteiger partial charge on any atom is -0.327 e. The molecule has 2 heterocycles. The maximum atomic E-state index is 11.5. The van der Waals surface area contributed by atoms with E-state index in [1.54, 1.807) is 16.7 Å². The van der Waals surface area contributed by atoms with Crippen LogP contribution in [0.4, 0.5) is 0 Å². The first-order chi connectivity index (χ1) is 9.24. The summed E-state index contributed by atoms with van der Waals surface area (Å²) in [6.07, 6.45) is 1.92. The Balaban J connectivity index is 1.75. The highest BCUT2D eigenvalue weighted by Gasteiger charge is 2.31. The van der Waals surface area contributed by atoms with Crippen LogP contribution in [-0.4, -0.2) is 38.6 Å². The second kappa shape index (κ2) is 5.05. The van der Waals surface area contributed by atoms with Crippen LogP contribution in [0.25, 0.3) is 0 Å². The Hall–Kier alpha value is -1.82. The second-order valence-corrected chi connectivity index (χ2v) is 5.56. The lowest BCUT2D eigenvalue weighted by Gasteiger charge is -2.15. The zero-order chi connectivity index (χ0) is 13.2. The SMILES string of the molecule is CN1C(=O)CS[C@H]1c1cn(Cc2ccccc2)nn1. The molecule has 1 aromatic heterocycles. The minimum atomic E-state index is -0.00276. The van der Waals surface area contributed by atoms with Gasteiger partial charge in [-0.25, -0.2) is 4.68 Å². The van der Waals surface area contributed by atoms with Crippen molar-refractivity contribution in [2.24, 2.45) is 0 Å². The summed E-state index contributed by atoms with van der Waals surface area (Å²) < 4.78 is 1.81. The topological polar surface area (TPSA) is 51.0 Å². The molecule has 0 saturated carbocycles. The van der Waals surface area contributed by atoms with Crippen LogP contribution in [0.3, 0.4) is 0 Å². The van der Waals surface area contributed by atoms with Gasteiger partial charge in [-0.05, 0) is 5.56 Å². The molecular weight excluding hydrogens is 260 g/mol. The summed E-state index contributed by atoms with van der Waals surface area (Å²) in [4.78, 5) is 13.2. The maximum absolute atomic E-state index is 11.5. The van der Waals surface area contributed by atoms with Gasteiger partial charge in [0, 0.05) is 7.05 Å². The summed E-state index contributed by atoms with van der Waals surface area (Å²) in [6, 6.07) is 10.1. The monoisotopic (exact) mass is 274 g/mol. The lowest BCUT2D eigenvalue weighted by atomic mass is 10.2. The van der Waals surface area contributed by atoms with Crippen molar-refractivity contribution >= 4 is 17.7 Å². The van der Waals surface area contributed by atoms with Gasteiger partial charge < -0.3 is 4.90 Å². The molecule has 19 heavy (non-hydrogen) atoms. The number of benzene rings is 1. The van der Waals surface area contributed by atoms with Crippen molar-refractivity contribution < 1.29 is 4.79 Å². The van der Waals surface area contributed by atoms with Crippen LogP contribution in [0.2, 0.25) is 0 Å². The molecule has 0 aliphatic carbocycles. The molecule has 1 fully saturated rings. The van der Waals surface area contributed by atoms with Crippen molar-refractivity contribution in [3.05, 3.63) is 47.8 Å². The van der Waals surface area contributed by atoms with E-state index in [2.05, 4.69) is 22.4 Å². The largest absolute Gasteiger partial charge is 0.327 e. The Kier molecular flexibility index (Phi) is 3.25. The molecule has 0 N–H and O–H groups in total. The average molecular weight is 274 g/mol. The summed E-state index contributed by atoms with van der Waals surface area (Å²) in [5, 5.41) is 8.31. The predicted octanol–water partition coefficient (Wildman–Crippen LogP) is 1.53. The molecular formula is C13H14N4OS. The van der Waals surface area contributed by atoms with Gasteiger partial charge >= 0.3 is 0 Å². The molecule has 1 aliphatic rings. The first-order valence-corrected chi connectivity index (χ1v) is 7.10. The summed E-state index contributed by atoms with van der Waals surface area (Å²) in [7, 11) is 1.81. The lowest BCUT2D eigenvalue weighted by Crippen LogP contribution is -2.23. The number of carbonyl (C=O) groups is 1. The van der Waals surface area contributed by atoms with Crippen molar-refractivity contribution in [2.75, 3.05) is 12.8 Å². The number of rotatable bonds is 3. The number of nitrogens with zero attached hydrogens (tertiary/aromatic N) is 4. The quantitative estimate of drug-likeness (QED) is 0.851. The highest BCUT2D eigenvalue weighted by atomic mass is 32.2. The van der Waals surface area contributed by atoms with Crippen molar-refractivity contribution in [3.8, 4) is 0 Å². The van der Waals surface area contributed by atoms with Gasteiger partial charge in [-0.3, -0.25) is 4.79 Å². The number of hydrogen-bond donors (Lipinski definition) is 0. The van der Waals surface area contributed by atoms with E-state index in [-0.39, 0.29) is 11.3 Å².